The van der Waals surface area contributed by atoms with Crippen LogP contribution in [0.2, 0.25) is 0 Å². The first kappa shape index (κ1) is 18.5. The molecule has 1 aliphatic rings. The number of aryl methyl sites for hydroxylation is 2. The van der Waals surface area contributed by atoms with Gasteiger partial charge in [0.25, 0.3) is 5.91 Å². The van der Waals surface area contributed by atoms with E-state index in [0.717, 1.165) is 66.4 Å². The number of ether oxygens (including phenoxy) is 1. The van der Waals surface area contributed by atoms with Crippen LogP contribution < -0.4 is 0 Å². The molecule has 1 saturated heterocycles. The molecule has 2 aromatic rings. The van der Waals surface area contributed by atoms with E-state index in [0.29, 0.717) is 0 Å². The molecule has 1 amide bonds. The molecule has 0 aliphatic carbocycles. The lowest BCUT2D eigenvalue weighted by atomic mass is 10.0. The van der Waals surface area contributed by atoms with Crippen LogP contribution in [0.25, 0.3) is 11.0 Å². The molecular weight excluding hydrogens is 330 g/mol. The maximum absolute atomic E-state index is 12.5. The highest BCUT2D eigenvalue weighted by Crippen LogP contribution is 2.25. The van der Waals surface area contributed by atoms with Crippen LogP contribution in [0.15, 0.2) is 22.8 Å². The van der Waals surface area contributed by atoms with Gasteiger partial charge in [0.15, 0.2) is 6.10 Å². The third-order valence-electron chi connectivity index (χ3n) is 5.18. The van der Waals surface area contributed by atoms with Crippen LogP contribution in [0.3, 0.4) is 0 Å². The maximum atomic E-state index is 12.5. The van der Waals surface area contributed by atoms with Crippen molar-refractivity contribution in [3.8, 4) is 0 Å². The third kappa shape index (κ3) is 4.09. The topological polar surface area (TPSA) is 59.8 Å². The molecule has 1 aromatic heterocycles. The number of amides is 1. The van der Waals surface area contributed by atoms with Crippen LogP contribution in [0.5, 0.6) is 0 Å². The Bertz CT molecular complexity index is 800. The van der Waals surface area contributed by atoms with Crippen molar-refractivity contribution in [1.82, 2.24) is 4.90 Å². The standard InChI is InChI=1S/C21H27NO4/c1-14-10-18-17(13-25-19(18)11-15(14)2)12-20(23)26-16(3)21(24)22-8-6-4-5-7-9-22/h10-11,13,16H,4-9,12H2,1-3H3. The highest BCUT2D eigenvalue weighted by atomic mass is 16.5. The van der Waals surface area contributed by atoms with Crippen molar-refractivity contribution < 1.29 is 18.7 Å². The quantitative estimate of drug-likeness (QED) is 0.778. The van der Waals surface area contributed by atoms with E-state index in [-0.39, 0.29) is 12.3 Å². The molecule has 26 heavy (non-hydrogen) atoms. The molecule has 3 rings (SSSR count). The van der Waals surface area contributed by atoms with Gasteiger partial charge in [-0.3, -0.25) is 9.59 Å². The Kier molecular flexibility index (Phi) is 5.64. The molecule has 0 saturated carbocycles. The van der Waals surface area contributed by atoms with Gasteiger partial charge in [-0.2, -0.15) is 0 Å². The van der Waals surface area contributed by atoms with Gasteiger partial charge in [0.2, 0.25) is 0 Å². The second kappa shape index (κ2) is 7.94. The van der Waals surface area contributed by atoms with Gasteiger partial charge in [0.1, 0.15) is 5.58 Å². The number of benzene rings is 1. The van der Waals surface area contributed by atoms with Crippen molar-refractivity contribution in [3.63, 3.8) is 0 Å². The van der Waals surface area contributed by atoms with Crippen LogP contribution in [0.1, 0.15) is 49.3 Å². The number of esters is 1. The summed E-state index contributed by atoms with van der Waals surface area (Å²) in [7, 11) is 0. The van der Waals surface area contributed by atoms with Crippen molar-refractivity contribution >= 4 is 22.8 Å². The van der Waals surface area contributed by atoms with Crippen LogP contribution in [-0.2, 0) is 20.7 Å². The smallest absolute Gasteiger partial charge is 0.311 e. The van der Waals surface area contributed by atoms with E-state index in [1.54, 1.807) is 13.2 Å². The summed E-state index contributed by atoms with van der Waals surface area (Å²) in [5.41, 5.74) is 3.86. The summed E-state index contributed by atoms with van der Waals surface area (Å²) in [4.78, 5) is 26.7. The van der Waals surface area contributed by atoms with E-state index in [2.05, 4.69) is 0 Å². The van der Waals surface area contributed by atoms with E-state index in [4.69, 9.17) is 9.15 Å². The van der Waals surface area contributed by atoms with Gasteiger partial charge in [-0.1, -0.05) is 12.8 Å². The van der Waals surface area contributed by atoms with Crippen molar-refractivity contribution in [2.24, 2.45) is 0 Å². The largest absolute Gasteiger partial charge is 0.464 e. The zero-order valence-electron chi connectivity index (χ0n) is 15.8. The van der Waals surface area contributed by atoms with Gasteiger partial charge in [-0.05, 0) is 56.9 Å². The normalized spacial score (nSPS) is 16.3. The summed E-state index contributed by atoms with van der Waals surface area (Å²) in [6.45, 7) is 7.23. The number of carbonyl (C=O) groups is 2. The van der Waals surface area contributed by atoms with Crippen LogP contribution in [0.4, 0.5) is 0 Å². The highest BCUT2D eigenvalue weighted by Gasteiger charge is 2.25. The van der Waals surface area contributed by atoms with Gasteiger partial charge in [0.05, 0.1) is 12.7 Å². The Morgan fingerprint density at radius 2 is 1.77 bits per heavy atom. The molecule has 0 spiro atoms. The molecule has 140 valence electrons. The number of carbonyl (C=O) groups excluding carboxylic acids is 2. The molecule has 1 atom stereocenters. The number of hydrogen-bond acceptors (Lipinski definition) is 4. The van der Waals surface area contributed by atoms with Gasteiger partial charge in [-0.15, -0.1) is 0 Å². The first-order valence-corrected chi connectivity index (χ1v) is 9.41. The third-order valence-corrected chi connectivity index (χ3v) is 5.18. The van der Waals surface area contributed by atoms with Gasteiger partial charge in [0, 0.05) is 24.0 Å². The van der Waals surface area contributed by atoms with Gasteiger partial charge >= 0.3 is 5.97 Å². The van der Waals surface area contributed by atoms with Crippen LogP contribution in [0, 0.1) is 13.8 Å². The van der Waals surface area contributed by atoms with Crippen LogP contribution >= 0.6 is 0 Å². The molecule has 1 aliphatic heterocycles. The van der Waals surface area contributed by atoms with Crippen LogP contribution in [-0.4, -0.2) is 36.0 Å². The molecule has 1 fully saturated rings. The predicted molar refractivity (Wildman–Crippen MR) is 100.0 cm³/mol. The predicted octanol–water partition coefficient (Wildman–Crippen LogP) is 3.93. The summed E-state index contributed by atoms with van der Waals surface area (Å²) in [5, 5.41) is 0.927. The zero-order valence-corrected chi connectivity index (χ0v) is 15.8. The number of fused-ring (bicyclic) bond motifs is 1. The number of rotatable bonds is 4. The van der Waals surface area contributed by atoms with E-state index in [9.17, 15) is 9.59 Å². The van der Waals surface area contributed by atoms with Crippen molar-refractivity contribution in [2.75, 3.05) is 13.1 Å². The summed E-state index contributed by atoms with van der Waals surface area (Å²) in [6.07, 6.45) is 5.31. The monoisotopic (exact) mass is 357 g/mol. The van der Waals surface area contributed by atoms with Crippen molar-refractivity contribution in [1.29, 1.82) is 0 Å². The summed E-state index contributed by atoms with van der Waals surface area (Å²) >= 11 is 0. The fourth-order valence-electron chi connectivity index (χ4n) is 3.47. The average molecular weight is 357 g/mol. The fourth-order valence-corrected chi connectivity index (χ4v) is 3.47. The molecule has 1 aromatic carbocycles. The molecule has 5 heteroatoms. The van der Waals surface area contributed by atoms with E-state index >= 15 is 0 Å². The lowest BCUT2D eigenvalue weighted by molar-refractivity contribution is -0.158. The Morgan fingerprint density at radius 1 is 1.12 bits per heavy atom. The molecule has 0 N–H and O–H groups in total. The molecule has 5 nitrogen and oxygen atoms in total. The molecule has 0 bridgehead atoms. The van der Waals surface area contributed by atoms with E-state index in [1.165, 1.54) is 0 Å². The summed E-state index contributed by atoms with van der Waals surface area (Å²) in [5.74, 6) is -0.495. The van der Waals surface area contributed by atoms with Gasteiger partial charge < -0.3 is 14.1 Å². The first-order valence-electron chi connectivity index (χ1n) is 9.41. The second-order valence-electron chi connectivity index (χ2n) is 7.24. The Balaban J connectivity index is 1.63. The Hall–Kier alpha value is -2.30. The lowest BCUT2D eigenvalue weighted by Gasteiger charge is -2.23. The van der Waals surface area contributed by atoms with Gasteiger partial charge in [-0.25, -0.2) is 0 Å². The summed E-state index contributed by atoms with van der Waals surface area (Å²) in [6, 6.07) is 4.01. The molecule has 1 unspecified atom stereocenters. The SMILES string of the molecule is Cc1cc2occ(CC(=O)OC(C)C(=O)N3CCCCCC3)c2cc1C. The highest BCUT2D eigenvalue weighted by molar-refractivity contribution is 5.88. The minimum Gasteiger partial charge on any atom is -0.464 e. The minimum atomic E-state index is -0.747. The van der Waals surface area contributed by atoms with E-state index < -0.39 is 12.1 Å². The number of nitrogens with zero attached hydrogens (tertiary/aromatic N) is 1. The Labute approximate surface area is 154 Å². The minimum absolute atomic E-state index is 0.0937. The average Bonchev–Trinajstić information content (AvgIpc) is 2.83. The molecular formula is C21H27NO4. The lowest BCUT2D eigenvalue weighted by Crippen LogP contribution is -2.40. The number of furan rings is 1. The molecule has 0 radical (unpaired) electrons. The van der Waals surface area contributed by atoms with Crippen molar-refractivity contribution in [2.45, 2.75) is 59.0 Å². The Morgan fingerprint density at radius 3 is 2.46 bits per heavy atom. The fraction of sp³-hybridized carbons (Fsp3) is 0.524. The van der Waals surface area contributed by atoms with Crippen molar-refractivity contribution in [3.05, 3.63) is 35.1 Å². The maximum Gasteiger partial charge on any atom is 0.311 e. The first-order chi connectivity index (χ1) is 12.5. The molecule has 2 heterocycles. The number of likely N-dealkylation sites (tertiary alicyclic amines) is 1. The van der Waals surface area contributed by atoms with E-state index in [1.807, 2.05) is 30.9 Å². The summed E-state index contributed by atoms with van der Waals surface area (Å²) < 4.78 is 11.0. The zero-order chi connectivity index (χ0) is 18.7. The number of hydrogen-bond donors (Lipinski definition) is 0. The second-order valence-corrected chi connectivity index (χ2v) is 7.24.